The lowest BCUT2D eigenvalue weighted by atomic mass is 10.1. The van der Waals surface area contributed by atoms with E-state index in [0.717, 1.165) is 25.9 Å². The zero-order valence-electron chi connectivity index (χ0n) is 14.7. The molecule has 1 saturated heterocycles. The molecule has 3 rings (SSSR count). The molecule has 1 unspecified atom stereocenters. The van der Waals surface area contributed by atoms with Gasteiger partial charge in [-0.25, -0.2) is 9.97 Å². The number of piperidine rings is 1. The second kappa shape index (κ2) is 8.86. The monoisotopic (exact) mass is 378 g/mol. The minimum Gasteiger partial charge on any atom is -0.495 e. The van der Waals surface area contributed by atoms with Crippen LogP contribution in [0.5, 0.6) is 11.5 Å². The number of benzene rings is 1. The molecule has 2 heterocycles. The predicted octanol–water partition coefficient (Wildman–Crippen LogP) is 1.95. The van der Waals surface area contributed by atoms with Crippen molar-refractivity contribution in [1.29, 1.82) is 0 Å². The number of rotatable bonds is 7. The van der Waals surface area contributed by atoms with Crippen molar-refractivity contribution < 1.29 is 9.47 Å². The van der Waals surface area contributed by atoms with Gasteiger partial charge in [-0.1, -0.05) is 11.6 Å². The third kappa shape index (κ3) is 4.86. The zero-order valence-corrected chi connectivity index (χ0v) is 15.4. The van der Waals surface area contributed by atoms with Crippen LogP contribution in [-0.2, 0) is 0 Å². The van der Waals surface area contributed by atoms with Crippen LogP contribution in [0.1, 0.15) is 12.8 Å². The molecule has 0 bridgehead atoms. The second-order valence-electron chi connectivity index (χ2n) is 6.03. The van der Waals surface area contributed by atoms with Crippen LogP contribution in [0.2, 0.25) is 5.02 Å². The number of hydrogen-bond acceptors (Lipinski definition) is 8. The van der Waals surface area contributed by atoms with Crippen molar-refractivity contribution in [3.05, 3.63) is 29.5 Å². The van der Waals surface area contributed by atoms with Crippen molar-refractivity contribution in [1.82, 2.24) is 15.0 Å². The highest BCUT2D eigenvalue weighted by molar-refractivity contribution is 6.32. The second-order valence-corrected chi connectivity index (χ2v) is 6.44. The molecule has 1 aliphatic rings. The average molecular weight is 379 g/mol. The van der Waals surface area contributed by atoms with E-state index in [1.54, 1.807) is 19.2 Å². The first-order valence-electron chi connectivity index (χ1n) is 8.55. The molecule has 0 aliphatic carbocycles. The number of halogens is 1. The maximum absolute atomic E-state index is 6.08. The highest BCUT2D eigenvalue weighted by Crippen LogP contribution is 2.28. The van der Waals surface area contributed by atoms with E-state index in [1.807, 2.05) is 6.07 Å². The SMILES string of the molecule is COc1ccc(OCCNc2ncnc(N3CCCC(N)C3)n2)cc1Cl. The Morgan fingerprint density at radius 1 is 1.38 bits per heavy atom. The summed E-state index contributed by atoms with van der Waals surface area (Å²) in [6.07, 6.45) is 3.60. The Morgan fingerprint density at radius 3 is 3.04 bits per heavy atom. The minimum atomic E-state index is 0.168. The van der Waals surface area contributed by atoms with Gasteiger partial charge in [-0.2, -0.15) is 4.98 Å². The molecular formula is C17H23ClN6O2. The van der Waals surface area contributed by atoms with Gasteiger partial charge in [0.15, 0.2) is 0 Å². The van der Waals surface area contributed by atoms with Crippen LogP contribution < -0.4 is 25.4 Å². The number of anilines is 2. The number of nitrogens with two attached hydrogens (primary N) is 1. The summed E-state index contributed by atoms with van der Waals surface area (Å²) >= 11 is 6.08. The summed E-state index contributed by atoms with van der Waals surface area (Å²) in [7, 11) is 1.58. The molecule has 1 aromatic heterocycles. The van der Waals surface area contributed by atoms with Crippen molar-refractivity contribution >= 4 is 23.5 Å². The Balaban J connectivity index is 1.49. The van der Waals surface area contributed by atoms with Crippen LogP contribution in [0.25, 0.3) is 0 Å². The minimum absolute atomic E-state index is 0.168. The number of nitrogens with one attached hydrogen (secondary N) is 1. The van der Waals surface area contributed by atoms with E-state index in [0.29, 0.717) is 41.6 Å². The summed E-state index contributed by atoms with van der Waals surface area (Å²) in [6.45, 7) is 2.67. The fourth-order valence-electron chi connectivity index (χ4n) is 2.79. The maximum atomic E-state index is 6.08. The Labute approximate surface area is 157 Å². The molecule has 140 valence electrons. The first-order chi connectivity index (χ1) is 12.7. The predicted molar refractivity (Wildman–Crippen MR) is 101 cm³/mol. The van der Waals surface area contributed by atoms with Gasteiger partial charge in [-0.15, -0.1) is 0 Å². The highest BCUT2D eigenvalue weighted by atomic mass is 35.5. The molecule has 26 heavy (non-hydrogen) atoms. The van der Waals surface area contributed by atoms with E-state index >= 15 is 0 Å². The number of hydrogen-bond donors (Lipinski definition) is 2. The van der Waals surface area contributed by atoms with Gasteiger partial charge in [0.05, 0.1) is 18.7 Å². The number of methoxy groups -OCH3 is 1. The summed E-state index contributed by atoms with van der Waals surface area (Å²) in [5.41, 5.74) is 6.02. The summed E-state index contributed by atoms with van der Waals surface area (Å²) in [5, 5.41) is 3.65. The van der Waals surface area contributed by atoms with Crippen LogP contribution in [0.3, 0.4) is 0 Å². The summed E-state index contributed by atoms with van der Waals surface area (Å²) in [5.74, 6) is 2.47. The Morgan fingerprint density at radius 2 is 2.27 bits per heavy atom. The van der Waals surface area contributed by atoms with Crippen LogP contribution in [-0.4, -0.2) is 54.3 Å². The Bertz CT molecular complexity index is 732. The van der Waals surface area contributed by atoms with Crippen molar-refractivity contribution in [2.75, 3.05) is 43.6 Å². The lowest BCUT2D eigenvalue weighted by Gasteiger charge is -2.30. The molecule has 0 saturated carbocycles. The standard InChI is InChI=1S/C17H23ClN6O2/c1-25-15-5-4-13(9-14(15)18)26-8-6-20-16-21-11-22-17(23-16)24-7-2-3-12(19)10-24/h4-5,9,11-12H,2-3,6-8,10,19H2,1H3,(H,20,21,22,23). The van der Waals surface area contributed by atoms with Gasteiger partial charge in [-0.05, 0) is 25.0 Å². The molecule has 0 spiro atoms. The van der Waals surface area contributed by atoms with E-state index in [-0.39, 0.29) is 6.04 Å². The summed E-state index contributed by atoms with van der Waals surface area (Å²) in [6, 6.07) is 5.47. The fraction of sp³-hybridized carbons (Fsp3) is 0.471. The summed E-state index contributed by atoms with van der Waals surface area (Å²) in [4.78, 5) is 15.0. The van der Waals surface area contributed by atoms with E-state index in [2.05, 4.69) is 25.2 Å². The van der Waals surface area contributed by atoms with Crippen LogP contribution >= 0.6 is 11.6 Å². The molecule has 9 heteroatoms. The van der Waals surface area contributed by atoms with Crippen LogP contribution in [0.15, 0.2) is 24.5 Å². The lowest BCUT2D eigenvalue weighted by Crippen LogP contribution is -2.43. The molecule has 3 N–H and O–H groups in total. The fourth-order valence-corrected chi connectivity index (χ4v) is 3.03. The van der Waals surface area contributed by atoms with Gasteiger partial charge in [0.25, 0.3) is 0 Å². The van der Waals surface area contributed by atoms with Crippen molar-refractivity contribution in [2.24, 2.45) is 5.73 Å². The Kier molecular flexibility index (Phi) is 6.30. The molecule has 8 nitrogen and oxygen atoms in total. The van der Waals surface area contributed by atoms with Crippen molar-refractivity contribution in [2.45, 2.75) is 18.9 Å². The third-order valence-electron chi connectivity index (χ3n) is 4.08. The third-order valence-corrected chi connectivity index (χ3v) is 4.37. The Hall–Kier alpha value is -2.32. The zero-order chi connectivity index (χ0) is 18.4. The molecule has 1 aromatic carbocycles. The van der Waals surface area contributed by atoms with Gasteiger partial charge in [0.2, 0.25) is 11.9 Å². The largest absolute Gasteiger partial charge is 0.495 e. The van der Waals surface area contributed by atoms with Gasteiger partial charge < -0.3 is 25.4 Å². The van der Waals surface area contributed by atoms with Crippen LogP contribution in [0, 0.1) is 0 Å². The molecule has 1 fully saturated rings. The highest BCUT2D eigenvalue weighted by Gasteiger charge is 2.19. The summed E-state index contributed by atoms with van der Waals surface area (Å²) < 4.78 is 10.8. The first kappa shape index (κ1) is 18.5. The molecule has 2 aromatic rings. The number of nitrogens with zero attached hydrogens (tertiary/aromatic N) is 4. The normalized spacial score (nSPS) is 17.0. The van der Waals surface area contributed by atoms with Gasteiger partial charge in [0, 0.05) is 25.2 Å². The lowest BCUT2D eigenvalue weighted by molar-refractivity contribution is 0.331. The van der Waals surface area contributed by atoms with E-state index < -0.39 is 0 Å². The molecule has 0 amide bonds. The van der Waals surface area contributed by atoms with Crippen LogP contribution in [0.4, 0.5) is 11.9 Å². The van der Waals surface area contributed by atoms with E-state index in [4.69, 9.17) is 26.8 Å². The number of ether oxygens (including phenoxy) is 2. The van der Waals surface area contributed by atoms with Gasteiger partial charge in [-0.3, -0.25) is 0 Å². The smallest absolute Gasteiger partial charge is 0.230 e. The quantitative estimate of drug-likeness (QED) is 0.705. The van der Waals surface area contributed by atoms with Crippen molar-refractivity contribution in [3.8, 4) is 11.5 Å². The number of aromatic nitrogens is 3. The first-order valence-corrected chi connectivity index (χ1v) is 8.93. The van der Waals surface area contributed by atoms with E-state index in [9.17, 15) is 0 Å². The topological polar surface area (TPSA) is 98.4 Å². The van der Waals surface area contributed by atoms with Crippen molar-refractivity contribution in [3.63, 3.8) is 0 Å². The molecule has 1 atom stereocenters. The van der Waals surface area contributed by atoms with E-state index in [1.165, 1.54) is 6.33 Å². The van der Waals surface area contributed by atoms with Gasteiger partial charge >= 0.3 is 0 Å². The average Bonchev–Trinajstić information content (AvgIpc) is 2.66. The molecular weight excluding hydrogens is 356 g/mol. The molecule has 0 radical (unpaired) electrons. The molecule has 1 aliphatic heterocycles. The maximum Gasteiger partial charge on any atom is 0.230 e. The van der Waals surface area contributed by atoms with Gasteiger partial charge in [0.1, 0.15) is 24.4 Å².